The number of nitrogens with two attached hydrogens (primary N) is 1. The van der Waals surface area contributed by atoms with Crippen molar-refractivity contribution in [1.29, 1.82) is 0 Å². The van der Waals surface area contributed by atoms with Gasteiger partial charge in [-0.1, -0.05) is 13.8 Å². The zero-order valence-electron chi connectivity index (χ0n) is 7.30. The predicted molar refractivity (Wildman–Crippen MR) is 46.2 cm³/mol. The van der Waals surface area contributed by atoms with E-state index in [0.717, 1.165) is 12.3 Å². The lowest BCUT2D eigenvalue weighted by molar-refractivity contribution is 0.270. The molecule has 0 amide bonds. The van der Waals surface area contributed by atoms with Crippen molar-refractivity contribution < 1.29 is 0 Å². The Labute approximate surface area is 67.9 Å². The van der Waals surface area contributed by atoms with Crippen molar-refractivity contribution in [2.45, 2.75) is 33.1 Å². The molecule has 0 heterocycles. The minimum Gasteiger partial charge on any atom is -0.323 e. The summed E-state index contributed by atoms with van der Waals surface area (Å²) in [6.45, 7) is 4.71. The van der Waals surface area contributed by atoms with E-state index in [-0.39, 0.29) is 0 Å². The van der Waals surface area contributed by atoms with E-state index in [9.17, 15) is 0 Å². The van der Waals surface area contributed by atoms with Crippen LogP contribution < -0.4 is 5.84 Å². The number of nitrogens with zero attached hydrogens (tertiary/aromatic N) is 1. The van der Waals surface area contributed by atoms with E-state index in [4.69, 9.17) is 5.84 Å². The molecule has 0 radical (unpaired) electrons. The third kappa shape index (κ3) is 0.754. The van der Waals surface area contributed by atoms with Crippen molar-refractivity contribution >= 4 is 5.71 Å². The van der Waals surface area contributed by atoms with Gasteiger partial charge in [0, 0.05) is 11.6 Å². The molecule has 11 heavy (non-hydrogen) atoms. The Bertz CT molecular complexity index is 206. The molecule has 2 saturated carbocycles. The SMILES string of the molecule is CC1(C)C2CCC1/C(=N/N)C2. The van der Waals surface area contributed by atoms with Crippen molar-refractivity contribution in [2.24, 2.45) is 28.2 Å². The summed E-state index contributed by atoms with van der Waals surface area (Å²) in [4.78, 5) is 0. The Kier molecular flexibility index (Phi) is 1.29. The first-order valence-corrected chi connectivity index (χ1v) is 4.43. The summed E-state index contributed by atoms with van der Waals surface area (Å²) in [5.74, 6) is 6.88. The largest absolute Gasteiger partial charge is 0.323 e. The Morgan fingerprint density at radius 3 is 2.45 bits per heavy atom. The second-order valence-corrected chi connectivity index (χ2v) is 4.47. The third-order valence-electron chi connectivity index (χ3n) is 3.78. The molecular formula is C9H16N2. The van der Waals surface area contributed by atoms with Crippen LogP contribution in [0.4, 0.5) is 0 Å². The smallest absolute Gasteiger partial charge is 0.0415 e. The fourth-order valence-electron chi connectivity index (χ4n) is 2.89. The predicted octanol–water partition coefficient (Wildman–Crippen LogP) is 1.76. The summed E-state index contributed by atoms with van der Waals surface area (Å²) < 4.78 is 0. The van der Waals surface area contributed by atoms with E-state index >= 15 is 0 Å². The molecule has 0 spiro atoms. The van der Waals surface area contributed by atoms with Crippen LogP contribution in [-0.4, -0.2) is 5.71 Å². The molecule has 2 aliphatic carbocycles. The summed E-state index contributed by atoms with van der Waals surface area (Å²) in [5, 5.41) is 3.88. The maximum atomic E-state index is 5.33. The molecular weight excluding hydrogens is 136 g/mol. The van der Waals surface area contributed by atoms with Crippen LogP contribution in [0.2, 0.25) is 0 Å². The van der Waals surface area contributed by atoms with E-state index in [1.54, 1.807) is 0 Å². The van der Waals surface area contributed by atoms with E-state index in [0.29, 0.717) is 11.3 Å². The molecule has 2 heteroatoms. The highest BCUT2D eigenvalue weighted by molar-refractivity contribution is 5.90. The highest BCUT2D eigenvalue weighted by Gasteiger charge is 2.51. The van der Waals surface area contributed by atoms with Crippen LogP contribution in [0.1, 0.15) is 33.1 Å². The average Bonchev–Trinajstić information content (AvgIpc) is 2.40. The summed E-state index contributed by atoms with van der Waals surface area (Å²) >= 11 is 0. The fourth-order valence-corrected chi connectivity index (χ4v) is 2.89. The summed E-state index contributed by atoms with van der Waals surface area (Å²) in [5.41, 5.74) is 1.75. The van der Waals surface area contributed by atoms with Gasteiger partial charge in [0.05, 0.1) is 0 Å². The van der Waals surface area contributed by atoms with Crippen molar-refractivity contribution in [3.05, 3.63) is 0 Å². The van der Waals surface area contributed by atoms with Crippen LogP contribution in [0, 0.1) is 17.3 Å². The van der Waals surface area contributed by atoms with Gasteiger partial charge in [0.25, 0.3) is 0 Å². The molecule has 0 saturated heterocycles. The van der Waals surface area contributed by atoms with Crippen molar-refractivity contribution in [3.8, 4) is 0 Å². The second kappa shape index (κ2) is 1.99. The highest BCUT2D eigenvalue weighted by Crippen LogP contribution is 2.55. The Balaban J connectivity index is 2.33. The van der Waals surface area contributed by atoms with Gasteiger partial charge < -0.3 is 5.84 Å². The van der Waals surface area contributed by atoms with E-state index in [1.807, 2.05) is 0 Å². The molecule has 2 N–H and O–H groups in total. The number of hydrazone groups is 1. The maximum absolute atomic E-state index is 5.33. The molecule has 2 unspecified atom stereocenters. The molecule has 62 valence electrons. The van der Waals surface area contributed by atoms with Gasteiger partial charge in [0.15, 0.2) is 0 Å². The molecule has 2 bridgehead atoms. The summed E-state index contributed by atoms with van der Waals surface area (Å²) in [7, 11) is 0. The number of rotatable bonds is 0. The van der Waals surface area contributed by atoms with E-state index in [2.05, 4.69) is 18.9 Å². The lowest BCUT2D eigenvalue weighted by Gasteiger charge is -2.22. The van der Waals surface area contributed by atoms with Crippen molar-refractivity contribution in [1.82, 2.24) is 0 Å². The molecule has 0 aromatic rings. The van der Waals surface area contributed by atoms with Gasteiger partial charge in [0.1, 0.15) is 0 Å². The normalized spacial score (nSPS) is 43.6. The molecule has 2 aliphatic rings. The Hall–Kier alpha value is -0.530. The molecule has 0 aromatic carbocycles. The van der Waals surface area contributed by atoms with Gasteiger partial charge in [-0.05, 0) is 30.6 Å². The first kappa shape index (κ1) is 7.14. The van der Waals surface area contributed by atoms with Gasteiger partial charge in [-0.3, -0.25) is 0 Å². The van der Waals surface area contributed by atoms with Gasteiger partial charge >= 0.3 is 0 Å². The van der Waals surface area contributed by atoms with Gasteiger partial charge in [0.2, 0.25) is 0 Å². The maximum Gasteiger partial charge on any atom is 0.0415 e. The molecule has 2 atom stereocenters. The average molecular weight is 152 g/mol. The van der Waals surface area contributed by atoms with Crippen LogP contribution in [0.5, 0.6) is 0 Å². The second-order valence-electron chi connectivity index (χ2n) is 4.47. The van der Waals surface area contributed by atoms with Gasteiger partial charge in [-0.15, -0.1) is 0 Å². The molecule has 2 rings (SSSR count). The minimum absolute atomic E-state index is 0.484. The number of hydrogen-bond acceptors (Lipinski definition) is 2. The Morgan fingerprint density at radius 2 is 2.18 bits per heavy atom. The minimum atomic E-state index is 0.484. The van der Waals surface area contributed by atoms with Gasteiger partial charge in [-0.25, -0.2) is 0 Å². The summed E-state index contributed by atoms with van der Waals surface area (Å²) in [6.07, 6.45) is 3.86. The van der Waals surface area contributed by atoms with Gasteiger partial charge in [-0.2, -0.15) is 5.10 Å². The van der Waals surface area contributed by atoms with E-state index in [1.165, 1.54) is 18.6 Å². The monoisotopic (exact) mass is 152 g/mol. The first-order valence-electron chi connectivity index (χ1n) is 4.43. The fraction of sp³-hybridized carbons (Fsp3) is 0.889. The standard InChI is InChI=1S/C9H16N2/c1-9(2)6-3-4-7(9)8(5-6)11-10/h6-7H,3-5,10H2,1-2H3/b11-8+. The van der Waals surface area contributed by atoms with Crippen molar-refractivity contribution in [3.63, 3.8) is 0 Å². The highest BCUT2D eigenvalue weighted by atomic mass is 15.1. The first-order chi connectivity index (χ1) is 5.16. The lowest BCUT2D eigenvalue weighted by atomic mass is 9.82. The zero-order chi connectivity index (χ0) is 8.06. The van der Waals surface area contributed by atoms with Crippen LogP contribution in [0.25, 0.3) is 0 Å². The molecule has 0 aromatic heterocycles. The quantitative estimate of drug-likeness (QED) is 0.417. The Morgan fingerprint density at radius 1 is 1.45 bits per heavy atom. The molecule has 0 aliphatic heterocycles. The molecule has 2 nitrogen and oxygen atoms in total. The zero-order valence-corrected chi connectivity index (χ0v) is 7.30. The van der Waals surface area contributed by atoms with Crippen LogP contribution in [0.3, 0.4) is 0 Å². The number of hydrogen-bond donors (Lipinski definition) is 1. The van der Waals surface area contributed by atoms with Crippen LogP contribution in [-0.2, 0) is 0 Å². The third-order valence-corrected chi connectivity index (χ3v) is 3.78. The molecule has 2 fully saturated rings. The van der Waals surface area contributed by atoms with Crippen molar-refractivity contribution in [2.75, 3.05) is 0 Å². The lowest BCUT2D eigenvalue weighted by Crippen LogP contribution is -2.20. The van der Waals surface area contributed by atoms with Crippen LogP contribution in [0.15, 0.2) is 5.10 Å². The van der Waals surface area contributed by atoms with Crippen LogP contribution >= 0.6 is 0 Å². The number of fused-ring (bicyclic) bond motifs is 2. The van der Waals surface area contributed by atoms with E-state index < -0.39 is 0 Å². The topological polar surface area (TPSA) is 38.4 Å². The summed E-state index contributed by atoms with van der Waals surface area (Å²) in [6, 6.07) is 0.